The molecule has 0 radical (unpaired) electrons. The number of hydrogen-bond donors (Lipinski definition) is 2. The van der Waals surface area contributed by atoms with Gasteiger partial charge in [-0.05, 0) is 37.8 Å². The molecular formula is C19H26N4O2. The molecule has 2 fully saturated rings. The molecule has 0 bridgehead atoms. The smallest absolute Gasteiger partial charge is 0.315 e. The number of benzene rings is 1. The van der Waals surface area contributed by atoms with E-state index in [1.807, 2.05) is 24.3 Å². The largest absolute Gasteiger partial charge is 0.336 e. The van der Waals surface area contributed by atoms with Crippen molar-refractivity contribution in [2.45, 2.75) is 50.7 Å². The second-order valence-corrected chi connectivity index (χ2v) is 7.46. The molecule has 2 heterocycles. The third kappa shape index (κ3) is 3.49. The van der Waals surface area contributed by atoms with Crippen LogP contribution in [0.5, 0.6) is 0 Å². The highest BCUT2D eigenvalue weighted by Crippen LogP contribution is 2.33. The second kappa shape index (κ2) is 6.67. The molecule has 25 heavy (non-hydrogen) atoms. The fourth-order valence-corrected chi connectivity index (χ4v) is 4.15. The van der Waals surface area contributed by atoms with Crippen molar-refractivity contribution in [3.05, 3.63) is 29.8 Å². The SMILES string of the molecule is CC1CC(NC(=O)NCCN2C(=O)Cc3ccccc32)CN1C1CC1. The molecule has 6 nitrogen and oxygen atoms in total. The zero-order chi connectivity index (χ0) is 17.4. The van der Waals surface area contributed by atoms with Crippen molar-refractivity contribution in [3.63, 3.8) is 0 Å². The normalized spacial score (nSPS) is 26.0. The van der Waals surface area contributed by atoms with Crippen molar-refractivity contribution in [3.8, 4) is 0 Å². The van der Waals surface area contributed by atoms with E-state index >= 15 is 0 Å². The first-order valence-corrected chi connectivity index (χ1v) is 9.30. The van der Waals surface area contributed by atoms with Gasteiger partial charge in [0.25, 0.3) is 0 Å². The van der Waals surface area contributed by atoms with Crippen molar-refractivity contribution in [2.24, 2.45) is 0 Å². The summed E-state index contributed by atoms with van der Waals surface area (Å²) in [5, 5.41) is 5.98. The van der Waals surface area contributed by atoms with Gasteiger partial charge in [-0.15, -0.1) is 0 Å². The van der Waals surface area contributed by atoms with Crippen LogP contribution in [0, 0.1) is 0 Å². The zero-order valence-corrected chi connectivity index (χ0v) is 14.7. The van der Waals surface area contributed by atoms with Gasteiger partial charge in [0, 0.05) is 43.4 Å². The number of hydrogen-bond acceptors (Lipinski definition) is 3. The van der Waals surface area contributed by atoms with Gasteiger partial charge in [0.05, 0.1) is 6.42 Å². The van der Waals surface area contributed by atoms with E-state index in [-0.39, 0.29) is 18.0 Å². The van der Waals surface area contributed by atoms with Crippen LogP contribution < -0.4 is 15.5 Å². The van der Waals surface area contributed by atoms with Crippen molar-refractivity contribution in [1.29, 1.82) is 0 Å². The average Bonchev–Trinajstić information content (AvgIpc) is 3.29. The van der Waals surface area contributed by atoms with Crippen LogP contribution in [0.2, 0.25) is 0 Å². The number of urea groups is 1. The number of nitrogens with zero attached hydrogens (tertiary/aromatic N) is 2. The van der Waals surface area contributed by atoms with E-state index in [0.717, 1.165) is 30.3 Å². The summed E-state index contributed by atoms with van der Waals surface area (Å²) in [5.74, 6) is 0.105. The Morgan fingerprint density at radius 2 is 2.08 bits per heavy atom. The highest BCUT2D eigenvalue weighted by molar-refractivity contribution is 6.01. The molecule has 0 spiro atoms. The number of rotatable bonds is 5. The molecule has 1 aromatic carbocycles. The molecule has 1 saturated carbocycles. The molecule has 2 N–H and O–H groups in total. The molecule has 1 saturated heterocycles. The molecule has 3 amide bonds. The molecule has 0 aromatic heterocycles. The minimum atomic E-state index is -0.130. The summed E-state index contributed by atoms with van der Waals surface area (Å²) in [6, 6.07) is 9.24. The summed E-state index contributed by atoms with van der Waals surface area (Å²) in [6.07, 6.45) is 4.07. The maximum atomic E-state index is 12.2. The number of para-hydroxylation sites is 1. The Bertz CT molecular complexity index is 673. The van der Waals surface area contributed by atoms with Crippen LogP contribution in [0.1, 0.15) is 31.7 Å². The molecule has 1 aromatic rings. The summed E-state index contributed by atoms with van der Waals surface area (Å²) in [7, 11) is 0. The van der Waals surface area contributed by atoms with Gasteiger partial charge in [-0.3, -0.25) is 9.69 Å². The lowest BCUT2D eigenvalue weighted by atomic mass is 10.2. The fourth-order valence-electron chi connectivity index (χ4n) is 4.15. The molecule has 4 rings (SSSR count). The Morgan fingerprint density at radius 3 is 2.88 bits per heavy atom. The lowest BCUT2D eigenvalue weighted by Gasteiger charge is -2.20. The van der Waals surface area contributed by atoms with E-state index in [1.54, 1.807) is 4.90 Å². The highest BCUT2D eigenvalue weighted by atomic mass is 16.2. The first-order valence-electron chi connectivity index (χ1n) is 9.30. The van der Waals surface area contributed by atoms with Crippen LogP contribution in [-0.4, -0.2) is 54.6 Å². The number of fused-ring (bicyclic) bond motifs is 1. The second-order valence-electron chi connectivity index (χ2n) is 7.46. The van der Waals surface area contributed by atoms with Gasteiger partial charge in [0.15, 0.2) is 0 Å². The molecule has 6 heteroatoms. The monoisotopic (exact) mass is 342 g/mol. The Balaban J connectivity index is 1.23. The van der Waals surface area contributed by atoms with Crippen LogP contribution >= 0.6 is 0 Å². The van der Waals surface area contributed by atoms with E-state index in [1.165, 1.54) is 12.8 Å². The first-order chi connectivity index (χ1) is 12.1. The Kier molecular flexibility index (Phi) is 4.37. The van der Waals surface area contributed by atoms with Crippen molar-refractivity contribution >= 4 is 17.6 Å². The fraction of sp³-hybridized carbons (Fsp3) is 0.579. The topological polar surface area (TPSA) is 64.7 Å². The van der Waals surface area contributed by atoms with Crippen molar-refractivity contribution < 1.29 is 9.59 Å². The molecular weight excluding hydrogens is 316 g/mol. The Morgan fingerprint density at radius 1 is 1.28 bits per heavy atom. The lowest BCUT2D eigenvalue weighted by molar-refractivity contribution is -0.117. The zero-order valence-electron chi connectivity index (χ0n) is 14.7. The minimum Gasteiger partial charge on any atom is -0.336 e. The van der Waals surface area contributed by atoms with Gasteiger partial charge in [0.2, 0.25) is 5.91 Å². The van der Waals surface area contributed by atoms with E-state index in [9.17, 15) is 9.59 Å². The molecule has 2 atom stereocenters. The van der Waals surface area contributed by atoms with E-state index in [4.69, 9.17) is 0 Å². The van der Waals surface area contributed by atoms with Crippen molar-refractivity contribution in [1.82, 2.24) is 15.5 Å². The van der Waals surface area contributed by atoms with E-state index in [0.29, 0.717) is 25.6 Å². The molecule has 2 unspecified atom stereocenters. The Hall–Kier alpha value is -2.08. The lowest BCUT2D eigenvalue weighted by Crippen LogP contribution is -2.46. The number of anilines is 1. The maximum Gasteiger partial charge on any atom is 0.315 e. The number of nitrogens with one attached hydrogen (secondary N) is 2. The van der Waals surface area contributed by atoms with Gasteiger partial charge < -0.3 is 15.5 Å². The number of carbonyl (C=O) groups excluding carboxylic acids is 2. The van der Waals surface area contributed by atoms with Gasteiger partial charge in [-0.25, -0.2) is 4.79 Å². The van der Waals surface area contributed by atoms with Crippen LogP contribution in [0.15, 0.2) is 24.3 Å². The predicted molar refractivity (Wildman–Crippen MR) is 96.6 cm³/mol. The summed E-state index contributed by atoms with van der Waals surface area (Å²) < 4.78 is 0. The third-order valence-electron chi connectivity index (χ3n) is 5.52. The molecule has 3 aliphatic rings. The van der Waals surface area contributed by atoms with Crippen LogP contribution in [-0.2, 0) is 11.2 Å². The quantitative estimate of drug-likeness (QED) is 0.852. The maximum absolute atomic E-state index is 12.2. The average molecular weight is 342 g/mol. The third-order valence-corrected chi connectivity index (χ3v) is 5.52. The van der Waals surface area contributed by atoms with Crippen LogP contribution in [0.3, 0.4) is 0 Å². The van der Waals surface area contributed by atoms with Gasteiger partial charge >= 0.3 is 6.03 Å². The summed E-state index contributed by atoms with van der Waals surface area (Å²) in [6.45, 7) is 4.17. The van der Waals surface area contributed by atoms with Gasteiger partial charge in [-0.1, -0.05) is 18.2 Å². The highest BCUT2D eigenvalue weighted by Gasteiger charge is 2.39. The first kappa shape index (κ1) is 16.4. The standard InChI is InChI=1S/C19H26N4O2/c1-13-10-15(12-23(13)16-6-7-16)21-19(25)20-8-9-22-17-5-3-2-4-14(17)11-18(22)24/h2-5,13,15-16H,6-12H2,1H3,(H2,20,21,25). The molecule has 2 aliphatic heterocycles. The van der Waals surface area contributed by atoms with E-state index < -0.39 is 0 Å². The van der Waals surface area contributed by atoms with Gasteiger partial charge in [-0.2, -0.15) is 0 Å². The van der Waals surface area contributed by atoms with Crippen LogP contribution in [0.25, 0.3) is 0 Å². The number of carbonyl (C=O) groups is 2. The minimum absolute atomic E-state index is 0.105. The van der Waals surface area contributed by atoms with Crippen molar-refractivity contribution in [2.75, 3.05) is 24.5 Å². The molecule has 1 aliphatic carbocycles. The van der Waals surface area contributed by atoms with Crippen LogP contribution in [0.4, 0.5) is 10.5 Å². The van der Waals surface area contributed by atoms with Gasteiger partial charge in [0.1, 0.15) is 0 Å². The summed E-state index contributed by atoms with van der Waals surface area (Å²) in [4.78, 5) is 28.6. The van der Waals surface area contributed by atoms with E-state index in [2.05, 4.69) is 22.5 Å². The number of likely N-dealkylation sites (tertiary alicyclic amines) is 1. The predicted octanol–water partition coefficient (Wildman–Crippen LogP) is 1.50. The summed E-state index contributed by atoms with van der Waals surface area (Å²) >= 11 is 0. The Labute approximate surface area is 148 Å². The summed E-state index contributed by atoms with van der Waals surface area (Å²) in [5.41, 5.74) is 2.04. The number of amides is 3. The molecule has 134 valence electrons.